The van der Waals surface area contributed by atoms with Crippen LogP contribution < -0.4 is 5.73 Å². The second-order valence-electron chi connectivity index (χ2n) is 4.19. The SMILES string of the molecule is NCC1CCCCN1Cc1cc(Br)c(Br)s1. The molecular weight excluding hydrogens is 352 g/mol. The Morgan fingerprint density at radius 1 is 1.44 bits per heavy atom. The molecule has 0 amide bonds. The van der Waals surface area contributed by atoms with E-state index < -0.39 is 0 Å². The lowest BCUT2D eigenvalue weighted by Gasteiger charge is -2.34. The molecule has 1 atom stereocenters. The van der Waals surface area contributed by atoms with Gasteiger partial charge in [-0.3, -0.25) is 4.90 Å². The first kappa shape index (κ1) is 13.0. The number of nitrogens with two attached hydrogens (primary N) is 1. The molecule has 90 valence electrons. The third-order valence-corrected chi connectivity index (χ3v) is 6.32. The Kier molecular flexibility index (Phi) is 4.85. The second kappa shape index (κ2) is 5.96. The van der Waals surface area contributed by atoms with Crippen molar-refractivity contribution in [1.82, 2.24) is 4.90 Å². The minimum Gasteiger partial charge on any atom is -0.329 e. The van der Waals surface area contributed by atoms with Gasteiger partial charge < -0.3 is 5.73 Å². The number of halogens is 2. The standard InChI is InChI=1S/C11H16Br2N2S/c12-10-5-9(16-11(10)13)7-15-4-2-1-3-8(15)6-14/h5,8H,1-4,6-7,14H2. The molecular formula is C11H16Br2N2S. The van der Waals surface area contributed by atoms with E-state index in [2.05, 4.69) is 42.8 Å². The molecule has 0 spiro atoms. The van der Waals surface area contributed by atoms with E-state index in [1.807, 2.05) is 11.3 Å². The Morgan fingerprint density at radius 3 is 2.88 bits per heavy atom. The van der Waals surface area contributed by atoms with E-state index in [0.29, 0.717) is 6.04 Å². The highest BCUT2D eigenvalue weighted by molar-refractivity contribution is 9.13. The number of hydrogen-bond acceptors (Lipinski definition) is 3. The molecule has 16 heavy (non-hydrogen) atoms. The Hall–Kier alpha value is 0.580. The van der Waals surface area contributed by atoms with Crippen molar-refractivity contribution >= 4 is 43.2 Å². The fraction of sp³-hybridized carbons (Fsp3) is 0.636. The molecule has 1 aromatic rings. The van der Waals surface area contributed by atoms with Crippen LogP contribution in [-0.4, -0.2) is 24.0 Å². The van der Waals surface area contributed by atoms with Gasteiger partial charge in [0.25, 0.3) is 0 Å². The number of thiophene rings is 1. The summed E-state index contributed by atoms with van der Waals surface area (Å²) in [5.74, 6) is 0. The monoisotopic (exact) mass is 366 g/mol. The van der Waals surface area contributed by atoms with E-state index in [1.165, 1.54) is 34.5 Å². The van der Waals surface area contributed by atoms with Crippen LogP contribution >= 0.6 is 43.2 Å². The van der Waals surface area contributed by atoms with Gasteiger partial charge in [-0.25, -0.2) is 0 Å². The van der Waals surface area contributed by atoms with Crippen LogP contribution in [0.1, 0.15) is 24.1 Å². The molecule has 2 heterocycles. The maximum atomic E-state index is 5.83. The van der Waals surface area contributed by atoms with E-state index in [1.54, 1.807) is 0 Å². The molecule has 1 unspecified atom stereocenters. The largest absolute Gasteiger partial charge is 0.329 e. The van der Waals surface area contributed by atoms with Crippen LogP contribution in [0.2, 0.25) is 0 Å². The van der Waals surface area contributed by atoms with Crippen LogP contribution in [-0.2, 0) is 6.54 Å². The first-order chi connectivity index (χ1) is 7.70. The fourth-order valence-corrected chi connectivity index (χ4v) is 4.41. The topological polar surface area (TPSA) is 29.3 Å². The van der Waals surface area contributed by atoms with E-state index >= 15 is 0 Å². The summed E-state index contributed by atoms with van der Waals surface area (Å²) in [6, 6.07) is 2.78. The molecule has 0 aromatic carbocycles. The lowest BCUT2D eigenvalue weighted by molar-refractivity contribution is 0.146. The van der Waals surface area contributed by atoms with Crippen molar-refractivity contribution in [3.05, 3.63) is 19.2 Å². The summed E-state index contributed by atoms with van der Waals surface area (Å²) in [6.07, 6.45) is 3.89. The van der Waals surface area contributed by atoms with Gasteiger partial charge in [0.2, 0.25) is 0 Å². The van der Waals surface area contributed by atoms with Crippen molar-refractivity contribution in [2.75, 3.05) is 13.1 Å². The van der Waals surface area contributed by atoms with Gasteiger partial charge in [0.1, 0.15) is 0 Å². The van der Waals surface area contributed by atoms with Crippen LogP contribution in [0.3, 0.4) is 0 Å². The van der Waals surface area contributed by atoms with Crippen LogP contribution in [0, 0.1) is 0 Å². The summed E-state index contributed by atoms with van der Waals surface area (Å²) in [5.41, 5.74) is 5.83. The molecule has 2 nitrogen and oxygen atoms in total. The molecule has 1 saturated heterocycles. The number of hydrogen-bond donors (Lipinski definition) is 1. The van der Waals surface area contributed by atoms with Crippen LogP contribution in [0.5, 0.6) is 0 Å². The van der Waals surface area contributed by atoms with E-state index in [0.717, 1.165) is 17.6 Å². The Labute approximate surface area is 117 Å². The smallest absolute Gasteiger partial charge is 0.0843 e. The quantitative estimate of drug-likeness (QED) is 0.884. The van der Waals surface area contributed by atoms with E-state index in [4.69, 9.17) is 5.73 Å². The van der Waals surface area contributed by atoms with Gasteiger partial charge in [-0.2, -0.15) is 0 Å². The summed E-state index contributed by atoms with van der Waals surface area (Å²) in [7, 11) is 0. The minimum atomic E-state index is 0.577. The maximum Gasteiger partial charge on any atom is 0.0843 e. The highest BCUT2D eigenvalue weighted by Gasteiger charge is 2.21. The van der Waals surface area contributed by atoms with Crippen molar-refractivity contribution < 1.29 is 0 Å². The maximum absolute atomic E-state index is 5.83. The lowest BCUT2D eigenvalue weighted by atomic mass is 10.0. The van der Waals surface area contributed by atoms with Crippen molar-refractivity contribution in [2.45, 2.75) is 31.8 Å². The van der Waals surface area contributed by atoms with Gasteiger partial charge in [0, 0.05) is 28.5 Å². The summed E-state index contributed by atoms with van der Waals surface area (Å²) in [4.78, 5) is 3.92. The predicted molar refractivity (Wildman–Crippen MR) is 76.8 cm³/mol. The molecule has 1 aliphatic heterocycles. The molecule has 1 aliphatic rings. The van der Waals surface area contributed by atoms with Gasteiger partial charge in [-0.1, -0.05) is 6.42 Å². The summed E-state index contributed by atoms with van der Waals surface area (Å²) in [5, 5.41) is 0. The summed E-state index contributed by atoms with van der Waals surface area (Å²) >= 11 is 8.88. The molecule has 5 heteroatoms. The zero-order chi connectivity index (χ0) is 11.5. The van der Waals surface area contributed by atoms with Crippen LogP contribution in [0.15, 0.2) is 14.3 Å². The Morgan fingerprint density at radius 2 is 2.25 bits per heavy atom. The van der Waals surface area contributed by atoms with Crippen molar-refractivity contribution in [2.24, 2.45) is 5.73 Å². The van der Waals surface area contributed by atoms with Crippen LogP contribution in [0.4, 0.5) is 0 Å². The first-order valence-electron chi connectivity index (χ1n) is 5.58. The van der Waals surface area contributed by atoms with Gasteiger partial charge in [0.05, 0.1) is 3.79 Å². The Balaban J connectivity index is 2.02. The van der Waals surface area contributed by atoms with Gasteiger partial charge >= 0.3 is 0 Å². The Bertz CT molecular complexity index is 334. The van der Waals surface area contributed by atoms with Crippen molar-refractivity contribution in [1.29, 1.82) is 0 Å². The second-order valence-corrected chi connectivity index (χ2v) is 7.50. The number of rotatable bonds is 3. The van der Waals surface area contributed by atoms with Gasteiger partial charge in [-0.05, 0) is 57.3 Å². The molecule has 0 aliphatic carbocycles. The van der Waals surface area contributed by atoms with Crippen molar-refractivity contribution in [3.8, 4) is 0 Å². The average Bonchev–Trinajstić information content (AvgIpc) is 2.59. The molecule has 0 saturated carbocycles. The van der Waals surface area contributed by atoms with Gasteiger partial charge in [-0.15, -0.1) is 11.3 Å². The highest BCUT2D eigenvalue weighted by Crippen LogP contribution is 2.33. The van der Waals surface area contributed by atoms with E-state index in [-0.39, 0.29) is 0 Å². The first-order valence-corrected chi connectivity index (χ1v) is 7.99. The molecule has 2 N–H and O–H groups in total. The molecule has 1 fully saturated rings. The van der Waals surface area contributed by atoms with E-state index in [9.17, 15) is 0 Å². The van der Waals surface area contributed by atoms with Gasteiger partial charge in [0.15, 0.2) is 0 Å². The fourth-order valence-electron chi connectivity index (χ4n) is 2.20. The molecule has 2 rings (SSSR count). The third-order valence-electron chi connectivity index (χ3n) is 3.08. The third kappa shape index (κ3) is 3.07. The summed E-state index contributed by atoms with van der Waals surface area (Å²) in [6.45, 7) is 3.01. The van der Waals surface area contributed by atoms with Crippen LogP contribution in [0.25, 0.3) is 0 Å². The number of nitrogens with zero attached hydrogens (tertiary/aromatic N) is 1. The van der Waals surface area contributed by atoms with Crippen molar-refractivity contribution in [3.63, 3.8) is 0 Å². The number of piperidine rings is 1. The molecule has 0 radical (unpaired) electrons. The summed E-state index contributed by atoms with van der Waals surface area (Å²) < 4.78 is 2.35. The average molecular weight is 368 g/mol. The number of likely N-dealkylation sites (tertiary alicyclic amines) is 1. The molecule has 1 aromatic heterocycles. The normalized spacial score (nSPS) is 22.6. The predicted octanol–water partition coefficient (Wildman–Crippen LogP) is 3.59. The molecule has 0 bridgehead atoms. The highest BCUT2D eigenvalue weighted by atomic mass is 79.9. The minimum absolute atomic E-state index is 0.577. The zero-order valence-electron chi connectivity index (χ0n) is 9.09. The zero-order valence-corrected chi connectivity index (χ0v) is 13.1. The lowest BCUT2D eigenvalue weighted by Crippen LogP contribution is -2.43.